The first-order valence-corrected chi connectivity index (χ1v) is 5.34. The third-order valence-electron chi connectivity index (χ3n) is 2.37. The summed E-state index contributed by atoms with van der Waals surface area (Å²) < 4.78 is 0. The summed E-state index contributed by atoms with van der Waals surface area (Å²) in [5.74, 6) is -0.141. The highest BCUT2D eigenvalue weighted by molar-refractivity contribution is 5.94. The van der Waals surface area contributed by atoms with E-state index in [0.29, 0.717) is 17.8 Å². The molecule has 3 heteroatoms. The second-order valence-electron chi connectivity index (χ2n) is 3.72. The summed E-state index contributed by atoms with van der Waals surface area (Å²) in [6, 6.07) is 17.5. The molecular formula is C14H13N2O. The third kappa shape index (κ3) is 3.08. The lowest BCUT2D eigenvalue weighted by atomic mass is 10.2. The van der Waals surface area contributed by atoms with Gasteiger partial charge < -0.3 is 11.1 Å². The lowest BCUT2D eigenvalue weighted by molar-refractivity contribution is 0.0951. The molecule has 0 fully saturated rings. The van der Waals surface area contributed by atoms with Gasteiger partial charge >= 0.3 is 0 Å². The van der Waals surface area contributed by atoms with Crippen molar-refractivity contribution >= 4 is 11.6 Å². The van der Waals surface area contributed by atoms with Crippen molar-refractivity contribution in [1.29, 1.82) is 0 Å². The molecule has 0 aliphatic carbocycles. The molecular weight excluding hydrogens is 212 g/mol. The zero-order valence-corrected chi connectivity index (χ0v) is 9.31. The van der Waals surface area contributed by atoms with Crippen molar-refractivity contribution < 1.29 is 4.79 Å². The van der Waals surface area contributed by atoms with Crippen LogP contribution in [0.5, 0.6) is 0 Å². The van der Waals surface area contributed by atoms with E-state index in [1.54, 1.807) is 18.2 Å². The van der Waals surface area contributed by atoms with Gasteiger partial charge in [0.2, 0.25) is 0 Å². The summed E-state index contributed by atoms with van der Waals surface area (Å²) in [5.41, 5.74) is 7.72. The van der Waals surface area contributed by atoms with Gasteiger partial charge in [0.1, 0.15) is 0 Å². The standard InChI is InChI=1S/C14H13N2O/c15-13-8-4-7-12(9-13)14(17)16-10-11-5-2-1-3-6-11/h1-3,5-9H,10,15H2,(H,16,17). The topological polar surface area (TPSA) is 55.1 Å². The number of hydrogen-bond donors (Lipinski definition) is 2. The Labute approximate surface area is 100 Å². The van der Waals surface area contributed by atoms with E-state index >= 15 is 0 Å². The minimum absolute atomic E-state index is 0.141. The van der Waals surface area contributed by atoms with Crippen LogP contribution in [0.4, 0.5) is 5.69 Å². The predicted octanol–water partition coefficient (Wildman–Crippen LogP) is 2.00. The summed E-state index contributed by atoms with van der Waals surface area (Å²) >= 11 is 0. The van der Waals surface area contributed by atoms with E-state index < -0.39 is 0 Å². The zero-order valence-electron chi connectivity index (χ0n) is 9.31. The molecule has 0 spiro atoms. The molecule has 0 saturated carbocycles. The molecule has 1 radical (unpaired) electrons. The molecule has 0 heterocycles. The Morgan fingerprint density at radius 3 is 2.71 bits per heavy atom. The zero-order chi connectivity index (χ0) is 12.1. The van der Waals surface area contributed by atoms with E-state index in [9.17, 15) is 4.79 Å². The molecule has 0 atom stereocenters. The first kappa shape index (κ1) is 11.2. The first-order valence-electron chi connectivity index (χ1n) is 5.34. The molecule has 2 aromatic carbocycles. The van der Waals surface area contributed by atoms with Crippen LogP contribution in [0, 0.1) is 6.07 Å². The maximum absolute atomic E-state index is 11.8. The van der Waals surface area contributed by atoms with Crippen molar-refractivity contribution in [2.75, 3.05) is 5.73 Å². The van der Waals surface area contributed by atoms with Gasteiger partial charge in [-0.15, -0.1) is 0 Å². The third-order valence-corrected chi connectivity index (χ3v) is 2.37. The quantitative estimate of drug-likeness (QED) is 0.785. The Balaban J connectivity index is 1.98. The van der Waals surface area contributed by atoms with E-state index in [-0.39, 0.29) is 5.91 Å². The Morgan fingerprint density at radius 1 is 1.24 bits per heavy atom. The van der Waals surface area contributed by atoms with Crippen LogP contribution in [0.1, 0.15) is 15.9 Å². The van der Waals surface area contributed by atoms with Gasteiger partial charge in [0, 0.05) is 17.8 Å². The number of nitrogens with one attached hydrogen (secondary N) is 1. The van der Waals surface area contributed by atoms with Crippen LogP contribution in [0.3, 0.4) is 0 Å². The predicted molar refractivity (Wildman–Crippen MR) is 67.3 cm³/mol. The lowest BCUT2D eigenvalue weighted by Gasteiger charge is -2.05. The number of rotatable bonds is 3. The summed E-state index contributed by atoms with van der Waals surface area (Å²) in [4.78, 5) is 11.8. The number of anilines is 1. The van der Waals surface area contributed by atoms with Gasteiger partial charge in [0.15, 0.2) is 0 Å². The molecule has 85 valence electrons. The Hall–Kier alpha value is -2.29. The van der Waals surface area contributed by atoms with Crippen molar-refractivity contribution in [3.63, 3.8) is 0 Å². The van der Waals surface area contributed by atoms with Crippen LogP contribution in [0.15, 0.2) is 48.5 Å². The SMILES string of the molecule is Nc1c[c]cc(C(=O)NCc2ccccc2)c1. The van der Waals surface area contributed by atoms with Crippen molar-refractivity contribution in [2.45, 2.75) is 6.54 Å². The van der Waals surface area contributed by atoms with Crippen molar-refractivity contribution in [2.24, 2.45) is 0 Å². The molecule has 3 N–H and O–H groups in total. The van der Waals surface area contributed by atoms with Crippen molar-refractivity contribution in [3.05, 3.63) is 65.7 Å². The highest BCUT2D eigenvalue weighted by Gasteiger charge is 2.04. The average molecular weight is 225 g/mol. The van der Waals surface area contributed by atoms with Gasteiger partial charge in [-0.05, 0) is 29.8 Å². The molecule has 2 rings (SSSR count). The molecule has 1 amide bonds. The van der Waals surface area contributed by atoms with Crippen LogP contribution in [0.25, 0.3) is 0 Å². The minimum atomic E-state index is -0.141. The van der Waals surface area contributed by atoms with Crippen LogP contribution in [-0.2, 0) is 6.54 Å². The van der Waals surface area contributed by atoms with Gasteiger partial charge in [-0.3, -0.25) is 4.79 Å². The largest absolute Gasteiger partial charge is 0.399 e. The van der Waals surface area contributed by atoms with Gasteiger partial charge in [0.25, 0.3) is 5.91 Å². The molecule has 3 nitrogen and oxygen atoms in total. The highest BCUT2D eigenvalue weighted by atomic mass is 16.1. The minimum Gasteiger partial charge on any atom is -0.399 e. The van der Waals surface area contributed by atoms with Crippen molar-refractivity contribution in [3.8, 4) is 0 Å². The first-order chi connectivity index (χ1) is 8.25. The van der Waals surface area contributed by atoms with E-state index in [1.807, 2.05) is 30.3 Å². The van der Waals surface area contributed by atoms with E-state index in [1.165, 1.54) is 0 Å². The molecule has 0 aromatic heterocycles. The number of amides is 1. The van der Waals surface area contributed by atoms with Crippen LogP contribution < -0.4 is 11.1 Å². The number of nitrogen functional groups attached to an aromatic ring is 1. The fourth-order valence-electron chi connectivity index (χ4n) is 1.50. The van der Waals surface area contributed by atoms with Gasteiger partial charge in [-0.1, -0.05) is 30.3 Å². The van der Waals surface area contributed by atoms with E-state index in [4.69, 9.17) is 5.73 Å². The normalized spacial score (nSPS) is 9.88. The van der Waals surface area contributed by atoms with Crippen LogP contribution in [0.2, 0.25) is 0 Å². The summed E-state index contributed by atoms with van der Waals surface area (Å²) in [7, 11) is 0. The maximum Gasteiger partial charge on any atom is 0.251 e. The van der Waals surface area contributed by atoms with Gasteiger partial charge in [-0.25, -0.2) is 0 Å². The summed E-state index contributed by atoms with van der Waals surface area (Å²) in [6.07, 6.45) is 0. The number of hydrogen-bond acceptors (Lipinski definition) is 2. The van der Waals surface area contributed by atoms with E-state index in [2.05, 4.69) is 11.4 Å². The highest BCUT2D eigenvalue weighted by Crippen LogP contribution is 2.06. The molecule has 17 heavy (non-hydrogen) atoms. The van der Waals surface area contributed by atoms with Crippen LogP contribution in [-0.4, -0.2) is 5.91 Å². The van der Waals surface area contributed by atoms with Crippen molar-refractivity contribution in [1.82, 2.24) is 5.32 Å². The van der Waals surface area contributed by atoms with Gasteiger partial charge in [0.05, 0.1) is 0 Å². The Kier molecular flexibility index (Phi) is 3.40. The Morgan fingerprint density at radius 2 is 2.00 bits per heavy atom. The molecule has 0 unspecified atom stereocenters. The fraction of sp³-hybridized carbons (Fsp3) is 0.0714. The van der Waals surface area contributed by atoms with E-state index in [0.717, 1.165) is 5.56 Å². The monoisotopic (exact) mass is 225 g/mol. The molecule has 2 aromatic rings. The molecule has 0 saturated heterocycles. The average Bonchev–Trinajstić information content (AvgIpc) is 2.37. The summed E-state index contributed by atoms with van der Waals surface area (Å²) in [5, 5.41) is 2.83. The smallest absolute Gasteiger partial charge is 0.251 e. The number of carbonyl (C=O) groups excluding carboxylic acids is 1. The number of carbonyl (C=O) groups is 1. The second-order valence-corrected chi connectivity index (χ2v) is 3.72. The number of benzene rings is 2. The van der Waals surface area contributed by atoms with Crippen LogP contribution >= 0.6 is 0 Å². The molecule has 0 aliphatic heterocycles. The Bertz CT molecular complexity index is 509. The lowest BCUT2D eigenvalue weighted by Crippen LogP contribution is -2.22. The fourth-order valence-corrected chi connectivity index (χ4v) is 1.50. The maximum atomic E-state index is 11.8. The molecule has 0 aliphatic rings. The van der Waals surface area contributed by atoms with Gasteiger partial charge in [-0.2, -0.15) is 0 Å². The summed E-state index contributed by atoms with van der Waals surface area (Å²) in [6.45, 7) is 0.508. The second kappa shape index (κ2) is 5.16. The molecule has 0 bridgehead atoms. The number of nitrogens with two attached hydrogens (primary N) is 1.